The summed E-state index contributed by atoms with van der Waals surface area (Å²) in [6, 6.07) is 5.77. The van der Waals surface area contributed by atoms with E-state index < -0.39 is 0 Å². The minimum absolute atomic E-state index is 0.0155. The lowest BCUT2D eigenvalue weighted by Crippen LogP contribution is -2.35. The summed E-state index contributed by atoms with van der Waals surface area (Å²) in [6.07, 6.45) is 0.542. The maximum Gasteiger partial charge on any atom is 0.227 e. The predicted octanol–water partition coefficient (Wildman–Crippen LogP) is 1.71. The van der Waals surface area contributed by atoms with Crippen LogP contribution < -0.4 is 9.80 Å². The van der Waals surface area contributed by atoms with Crippen LogP contribution in [0.5, 0.6) is 0 Å². The van der Waals surface area contributed by atoms with Gasteiger partial charge in [0.1, 0.15) is 0 Å². The molecule has 0 atom stereocenters. The minimum Gasteiger partial charge on any atom is -0.313 e. The van der Waals surface area contributed by atoms with E-state index in [-0.39, 0.29) is 24.7 Å². The Morgan fingerprint density at radius 3 is 2.06 bits per heavy atom. The third-order valence-corrected chi connectivity index (χ3v) is 3.15. The number of hydrogen-bond acceptors (Lipinski definition) is 2. The topological polar surface area (TPSA) is 40.6 Å². The Labute approximate surface area is 101 Å². The van der Waals surface area contributed by atoms with E-state index in [1.54, 1.807) is 23.9 Å². The van der Waals surface area contributed by atoms with Gasteiger partial charge in [-0.05, 0) is 24.6 Å². The van der Waals surface area contributed by atoms with E-state index in [1.165, 1.54) is 0 Å². The molecular weight excluding hydrogens is 216 g/mol. The van der Waals surface area contributed by atoms with E-state index >= 15 is 0 Å². The number of hydrogen-bond donors (Lipinski definition) is 0. The largest absolute Gasteiger partial charge is 0.313 e. The van der Waals surface area contributed by atoms with Gasteiger partial charge in [-0.15, -0.1) is 0 Å². The quantitative estimate of drug-likeness (QED) is 0.683. The van der Waals surface area contributed by atoms with Crippen LogP contribution in [0.25, 0.3) is 0 Å². The fourth-order valence-electron chi connectivity index (χ4n) is 2.00. The molecule has 0 aliphatic carbocycles. The van der Waals surface area contributed by atoms with Gasteiger partial charge in [0.2, 0.25) is 11.8 Å². The van der Waals surface area contributed by atoms with Crippen molar-refractivity contribution in [2.24, 2.45) is 0 Å². The first kappa shape index (κ1) is 11.6. The fourth-order valence-corrected chi connectivity index (χ4v) is 2.00. The molecule has 90 valence electrons. The predicted molar refractivity (Wildman–Crippen MR) is 67.2 cm³/mol. The minimum atomic E-state index is -0.0171. The van der Waals surface area contributed by atoms with Gasteiger partial charge in [0.05, 0.1) is 11.4 Å². The van der Waals surface area contributed by atoms with Gasteiger partial charge in [0.15, 0.2) is 0 Å². The lowest BCUT2D eigenvalue weighted by Gasteiger charge is -2.29. The van der Waals surface area contributed by atoms with Crippen LogP contribution in [0.3, 0.4) is 0 Å². The molecule has 0 bridgehead atoms. The summed E-state index contributed by atoms with van der Waals surface area (Å²) in [7, 11) is 3.50. The molecule has 2 rings (SSSR count). The smallest absolute Gasteiger partial charge is 0.227 e. The highest BCUT2D eigenvalue weighted by molar-refractivity contribution is 6.05. The highest BCUT2D eigenvalue weighted by Crippen LogP contribution is 2.31. The second-order valence-electron chi connectivity index (χ2n) is 4.40. The third kappa shape index (κ3) is 2.02. The second-order valence-corrected chi connectivity index (χ2v) is 4.40. The van der Waals surface area contributed by atoms with E-state index in [9.17, 15) is 9.59 Å². The van der Waals surface area contributed by atoms with Gasteiger partial charge >= 0.3 is 0 Å². The first-order valence-corrected chi connectivity index (χ1v) is 5.64. The number of fused-ring (bicyclic) bond motifs is 1. The molecule has 1 heterocycles. The number of nitrogens with zero attached hydrogens (tertiary/aromatic N) is 2. The van der Waals surface area contributed by atoms with Gasteiger partial charge < -0.3 is 9.80 Å². The van der Waals surface area contributed by atoms with Crippen molar-refractivity contribution in [2.75, 3.05) is 23.9 Å². The Balaban J connectivity index is 2.58. The number of anilines is 2. The highest BCUT2D eigenvalue weighted by Gasteiger charge is 2.24. The Bertz CT molecular complexity index is 482. The zero-order valence-electron chi connectivity index (χ0n) is 10.4. The third-order valence-electron chi connectivity index (χ3n) is 3.15. The summed E-state index contributed by atoms with van der Waals surface area (Å²) in [6.45, 7) is 1.97. The average Bonchev–Trinajstić information content (AvgIpc) is 2.32. The summed E-state index contributed by atoms with van der Waals surface area (Å²) in [5.74, 6) is -0.0325. The van der Waals surface area contributed by atoms with E-state index in [0.717, 1.165) is 16.9 Å². The zero-order chi connectivity index (χ0) is 12.6. The Morgan fingerprint density at radius 1 is 0.941 bits per heavy atom. The molecule has 17 heavy (non-hydrogen) atoms. The lowest BCUT2D eigenvalue weighted by atomic mass is 10.1. The van der Waals surface area contributed by atoms with Gasteiger partial charge in [0, 0.05) is 26.9 Å². The number of rotatable bonds is 0. The number of carbonyl (C=O) groups excluding carboxylic acids is 2. The van der Waals surface area contributed by atoms with E-state index in [0.29, 0.717) is 0 Å². The number of aryl methyl sites for hydroxylation is 1. The maximum absolute atomic E-state index is 11.8. The van der Waals surface area contributed by atoms with Crippen LogP contribution in [-0.2, 0) is 9.59 Å². The van der Waals surface area contributed by atoms with Gasteiger partial charge in [-0.25, -0.2) is 0 Å². The van der Waals surface area contributed by atoms with Crippen LogP contribution in [0, 0.1) is 6.92 Å². The summed E-state index contributed by atoms with van der Waals surface area (Å²) < 4.78 is 0. The SMILES string of the molecule is Cc1ccc2c(c1)N(C)C(=O)CCC(=O)N2C. The van der Waals surface area contributed by atoms with E-state index in [4.69, 9.17) is 0 Å². The summed E-state index contributed by atoms with van der Waals surface area (Å²) in [5, 5.41) is 0. The molecule has 0 aromatic heterocycles. The van der Waals surface area contributed by atoms with Gasteiger partial charge in [-0.1, -0.05) is 6.07 Å². The van der Waals surface area contributed by atoms with Crippen LogP contribution in [0.1, 0.15) is 18.4 Å². The molecule has 0 unspecified atom stereocenters. The van der Waals surface area contributed by atoms with Crippen molar-refractivity contribution in [3.05, 3.63) is 23.8 Å². The van der Waals surface area contributed by atoms with Crippen molar-refractivity contribution in [1.82, 2.24) is 0 Å². The molecule has 2 amide bonds. The summed E-state index contributed by atoms with van der Waals surface area (Å²) in [4.78, 5) is 26.9. The van der Waals surface area contributed by atoms with Gasteiger partial charge in [-0.3, -0.25) is 9.59 Å². The second kappa shape index (κ2) is 4.20. The van der Waals surface area contributed by atoms with Crippen LogP contribution in [0.15, 0.2) is 18.2 Å². The number of amides is 2. The number of carbonyl (C=O) groups is 2. The average molecular weight is 232 g/mol. The Kier molecular flexibility index (Phi) is 2.88. The lowest BCUT2D eigenvalue weighted by molar-refractivity contribution is -0.123. The van der Waals surface area contributed by atoms with Crippen molar-refractivity contribution >= 4 is 23.2 Å². The molecule has 0 fully saturated rings. The fraction of sp³-hybridized carbons (Fsp3) is 0.385. The maximum atomic E-state index is 11.8. The molecule has 4 heteroatoms. The van der Waals surface area contributed by atoms with Gasteiger partial charge in [0.25, 0.3) is 0 Å². The zero-order valence-corrected chi connectivity index (χ0v) is 10.4. The highest BCUT2D eigenvalue weighted by atomic mass is 16.2. The number of benzene rings is 1. The molecule has 1 aliphatic rings. The Morgan fingerprint density at radius 2 is 1.47 bits per heavy atom. The molecular formula is C13H16N2O2. The van der Waals surface area contributed by atoms with Crippen molar-refractivity contribution in [2.45, 2.75) is 19.8 Å². The van der Waals surface area contributed by atoms with Crippen LogP contribution in [0.2, 0.25) is 0 Å². The summed E-state index contributed by atoms with van der Waals surface area (Å²) >= 11 is 0. The first-order chi connectivity index (χ1) is 8.00. The van der Waals surface area contributed by atoms with Crippen LogP contribution >= 0.6 is 0 Å². The molecule has 0 saturated heterocycles. The monoisotopic (exact) mass is 232 g/mol. The molecule has 0 spiro atoms. The molecule has 4 nitrogen and oxygen atoms in total. The molecule has 0 saturated carbocycles. The molecule has 0 N–H and O–H groups in total. The standard InChI is InChI=1S/C13H16N2O2/c1-9-4-5-10-11(8-9)15(3)13(17)7-6-12(16)14(10)2/h4-5,8H,6-7H2,1-3H3. The summed E-state index contributed by atoms with van der Waals surface area (Å²) in [5.41, 5.74) is 2.66. The normalized spacial score (nSPS) is 16.6. The molecule has 1 aliphatic heterocycles. The molecule has 0 radical (unpaired) electrons. The van der Waals surface area contributed by atoms with Crippen molar-refractivity contribution in [3.63, 3.8) is 0 Å². The molecule has 1 aromatic rings. The first-order valence-electron chi connectivity index (χ1n) is 5.64. The van der Waals surface area contributed by atoms with Crippen molar-refractivity contribution < 1.29 is 9.59 Å². The van der Waals surface area contributed by atoms with Crippen LogP contribution in [0.4, 0.5) is 11.4 Å². The van der Waals surface area contributed by atoms with Crippen molar-refractivity contribution in [3.8, 4) is 0 Å². The Hall–Kier alpha value is -1.84. The van der Waals surface area contributed by atoms with Gasteiger partial charge in [-0.2, -0.15) is 0 Å². The molecule has 1 aromatic carbocycles. The van der Waals surface area contributed by atoms with Crippen LogP contribution in [-0.4, -0.2) is 25.9 Å². The van der Waals surface area contributed by atoms with Crippen molar-refractivity contribution in [1.29, 1.82) is 0 Å². The van der Waals surface area contributed by atoms with E-state index in [2.05, 4.69) is 0 Å². The van der Waals surface area contributed by atoms with E-state index in [1.807, 2.05) is 25.1 Å².